The molecule has 0 spiro atoms. The number of carbonyl (C=O) groups excluding carboxylic acids is 3. The van der Waals surface area contributed by atoms with Gasteiger partial charge in [0.2, 0.25) is 0 Å². The smallest absolute Gasteiger partial charge is 0.337 e. The number of methoxy groups -OCH3 is 1. The number of nitrogens with one attached hydrogen (secondary N) is 1. The average molecular weight is 263 g/mol. The van der Waals surface area contributed by atoms with Gasteiger partial charge in [-0.05, 0) is 35.5 Å². The fourth-order valence-electron chi connectivity index (χ4n) is 1.41. The molecule has 5 nitrogen and oxygen atoms in total. The molecule has 0 unspecified atom stereocenters. The number of rotatable bonds is 2. The Kier molecular flexibility index (Phi) is 3.47. The van der Waals surface area contributed by atoms with Crippen molar-refractivity contribution in [3.63, 3.8) is 0 Å². The van der Waals surface area contributed by atoms with E-state index in [4.69, 9.17) is 0 Å². The van der Waals surface area contributed by atoms with Gasteiger partial charge in [-0.25, -0.2) is 4.79 Å². The molecule has 1 N–H and O–H groups in total. The molecule has 0 radical (unpaired) electrons. The van der Waals surface area contributed by atoms with Gasteiger partial charge in [0.15, 0.2) is 0 Å². The van der Waals surface area contributed by atoms with Gasteiger partial charge in [-0.1, -0.05) is 12.1 Å². The van der Waals surface area contributed by atoms with Gasteiger partial charge in [0.05, 0.1) is 17.6 Å². The summed E-state index contributed by atoms with van der Waals surface area (Å²) in [5.41, 5.74) is 1.16. The summed E-state index contributed by atoms with van der Waals surface area (Å²) in [6.07, 6.45) is 1.59. The van der Waals surface area contributed by atoms with Crippen LogP contribution in [-0.4, -0.2) is 24.2 Å². The van der Waals surface area contributed by atoms with E-state index in [-0.39, 0.29) is 5.24 Å². The molecule has 1 saturated heterocycles. The molecule has 92 valence electrons. The monoisotopic (exact) mass is 263 g/mol. The Balaban J connectivity index is 2.21. The van der Waals surface area contributed by atoms with Crippen LogP contribution in [0.3, 0.4) is 0 Å². The quantitative estimate of drug-likeness (QED) is 0.650. The van der Waals surface area contributed by atoms with Gasteiger partial charge in [0.1, 0.15) is 0 Å². The molecule has 1 aliphatic rings. The van der Waals surface area contributed by atoms with Gasteiger partial charge in [-0.3, -0.25) is 14.9 Å². The van der Waals surface area contributed by atoms with Crippen molar-refractivity contribution in [3.05, 3.63) is 40.3 Å². The largest absolute Gasteiger partial charge is 0.465 e. The topological polar surface area (TPSA) is 72.5 Å². The summed E-state index contributed by atoms with van der Waals surface area (Å²) >= 11 is 0.853. The van der Waals surface area contributed by atoms with Crippen molar-refractivity contribution >= 4 is 35.0 Å². The number of esters is 1. The minimum absolute atomic E-state index is 0.339. The molecule has 18 heavy (non-hydrogen) atoms. The molecule has 0 aliphatic carbocycles. The molecule has 0 bridgehead atoms. The minimum Gasteiger partial charge on any atom is -0.465 e. The third-order valence-corrected chi connectivity index (χ3v) is 3.08. The molecular weight excluding hydrogens is 254 g/mol. The molecule has 6 heteroatoms. The van der Waals surface area contributed by atoms with Crippen LogP contribution in [0.25, 0.3) is 6.08 Å². The van der Waals surface area contributed by atoms with Crippen molar-refractivity contribution < 1.29 is 19.1 Å². The Morgan fingerprint density at radius 1 is 1.28 bits per heavy atom. The van der Waals surface area contributed by atoms with E-state index in [0.717, 1.165) is 17.3 Å². The second kappa shape index (κ2) is 5.05. The van der Waals surface area contributed by atoms with Crippen molar-refractivity contribution in [1.29, 1.82) is 0 Å². The zero-order valence-corrected chi connectivity index (χ0v) is 10.2. The molecule has 0 saturated carbocycles. The molecule has 1 aromatic carbocycles. The van der Waals surface area contributed by atoms with Crippen LogP contribution >= 0.6 is 11.8 Å². The lowest BCUT2D eigenvalue weighted by atomic mass is 10.1. The van der Waals surface area contributed by atoms with Gasteiger partial charge >= 0.3 is 5.97 Å². The lowest BCUT2D eigenvalue weighted by Crippen LogP contribution is -2.17. The standard InChI is InChI=1S/C12H9NO4S/c1-17-11(15)8-4-2-7(3-5-8)6-9-10(14)13-12(16)18-9/h2-6H,1H3,(H,13,14,16)/b9-6+. The third-order valence-electron chi connectivity index (χ3n) is 2.27. The number of amides is 2. The van der Waals surface area contributed by atoms with Crippen molar-refractivity contribution in [1.82, 2.24) is 5.32 Å². The van der Waals surface area contributed by atoms with E-state index < -0.39 is 11.9 Å². The first kappa shape index (κ1) is 12.4. The first-order chi connectivity index (χ1) is 8.60. The van der Waals surface area contributed by atoms with E-state index >= 15 is 0 Å². The van der Waals surface area contributed by atoms with Crippen molar-refractivity contribution in [3.8, 4) is 0 Å². The Hall–Kier alpha value is -2.08. The second-order valence-electron chi connectivity index (χ2n) is 3.47. The number of imide groups is 1. The predicted octanol–water partition coefficient (Wildman–Crippen LogP) is 1.80. The summed E-state index contributed by atoms with van der Waals surface area (Å²) in [5.74, 6) is -0.820. The number of ether oxygens (including phenoxy) is 1. The van der Waals surface area contributed by atoms with Crippen molar-refractivity contribution in [2.45, 2.75) is 0 Å². The van der Waals surface area contributed by atoms with Crippen LogP contribution in [0.5, 0.6) is 0 Å². The Morgan fingerprint density at radius 3 is 2.44 bits per heavy atom. The Morgan fingerprint density at radius 2 is 1.94 bits per heavy atom. The first-order valence-corrected chi connectivity index (χ1v) is 5.85. The number of hydrogen-bond acceptors (Lipinski definition) is 5. The van der Waals surface area contributed by atoms with E-state index in [2.05, 4.69) is 10.1 Å². The van der Waals surface area contributed by atoms with Gasteiger partial charge in [-0.15, -0.1) is 0 Å². The summed E-state index contributed by atoms with van der Waals surface area (Å²) in [6.45, 7) is 0. The predicted molar refractivity (Wildman–Crippen MR) is 66.9 cm³/mol. The van der Waals surface area contributed by atoms with Crippen LogP contribution in [0, 0.1) is 0 Å². The highest BCUT2D eigenvalue weighted by molar-refractivity contribution is 8.18. The summed E-state index contributed by atoms with van der Waals surface area (Å²) in [6, 6.07) is 6.54. The highest BCUT2D eigenvalue weighted by atomic mass is 32.2. The summed E-state index contributed by atoms with van der Waals surface area (Å²) in [5, 5.41) is 1.79. The number of benzene rings is 1. The zero-order valence-electron chi connectivity index (χ0n) is 9.43. The fraction of sp³-hybridized carbons (Fsp3) is 0.0833. The van der Waals surface area contributed by atoms with Crippen molar-refractivity contribution in [2.75, 3.05) is 7.11 Å². The third kappa shape index (κ3) is 2.60. The molecule has 1 heterocycles. The first-order valence-electron chi connectivity index (χ1n) is 5.03. The van der Waals surface area contributed by atoms with Crippen molar-refractivity contribution in [2.24, 2.45) is 0 Å². The highest BCUT2D eigenvalue weighted by Crippen LogP contribution is 2.25. The van der Waals surface area contributed by atoms with Gasteiger partial charge in [0, 0.05) is 0 Å². The number of thioether (sulfide) groups is 1. The van der Waals surface area contributed by atoms with E-state index in [9.17, 15) is 14.4 Å². The fourth-order valence-corrected chi connectivity index (χ4v) is 2.09. The molecule has 2 amide bonds. The molecule has 2 rings (SSSR count). The summed E-state index contributed by atoms with van der Waals surface area (Å²) < 4.78 is 4.57. The van der Waals surface area contributed by atoms with Gasteiger partial charge in [0.25, 0.3) is 11.1 Å². The lowest BCUT2D eigenvalue weighted by molar-refractivity contribution is -0.115. The normalized spacial score (nSPS) is 16.8. The van der Waals surface area contributed by atoms with Gasteiger partial charge in [-0.2, -0.15) is 0 Å². The molecular formula is C12H9NO4S. The SMILES string of the molecule is COC(=O)c1ccc(/C=C2/SC(=O)NC2=O)cc1. The maximum absolute atomic E-state index is 11.3. The average Bonchev–Trinajstić information content (AvgIpc) is 2.68. The zero-order chi connectivity index (χ0) is 13.1. The van der Waals surface area contributed by atoms with E-state index in [1.54, 1.807) is 30.3 Å². The van der Waals surface area contributed by atoms with Crippen LogP contribution in [0.15, 0.2) is 29.2 Å². The highest BCUT2D eigenvalue weighted by Gasteiger charge is 2.24. The molecule has 0 atom stereocenters. The van der Waals surface area contributed by atoms with Crippen LogP contribution in [0.4, 0.5) is 4.79 Å². The Bertz CT molecular complexity index is 548. The summed E-state index contributed by atoms with van der Waals surface area (Å²) in [7, 11) is 1.31. The molecule has 1 aromatic rings. The number of carbonyl (C=O) groups is 3. The van der Waals surface area contributed by atoms with Crippen LogP contribution < -0.4 is 5.32 Å². The minimum atomic E-state index is -0.419. The molecule has 1 fully saturated rings. The maximum atomic E-state index is 11.3. The van der Waals surface area contributed by atoms with Gasteiger partial charge < -0.3 is 4.74 Å². The van der Waals surface area contributed by atoms with E-state index in [1.807, 2.05) is 0 Å². The number of hydrogen-bond donors (Lipinski definition) is 1. The molecule has 0 aromatic heterocycles. The van der Waals surface area contributed by atoms with E-state index in [1.165, 1.54) is 7.11 Å². The summed E-state index contributed by atoms with van der Waals surface area (Å²) in [4.78, 5) is 33.8. The maximum Gasteiger partial charge on any atom is 0.337 e. The van der Waals surface area contributed by atoms with Crippen LogP contribution in [0.1, 0.15) is 15.9 Å². The van der Waals surface area contributed by atoms with E-state index in [0.29, 0.717) is 10.5 Å². The second-order valence-corrected chi connectivity index (χ2v) is 4.48. The lowest BCUT2D eigenvalue weighted by Gasteiger charge is -1.99. The van der Waals surface area contributed by atoms with Crippen LogP contribution in [0.2, 0.25) is 0 Å². The van der Waals surface area contributed by atoms with Crippen LogP contribution in [-0.2, 0) is 9.53 Å². The molecule has 1 aliphatic heterocycles. The Labute approximate surface area is 107 Å².